The van der Waals surface area contributed by atoms with Gasteiger partial charge in [-0.15, -0.1) is 0 Å². The molecule has 0 aliphatic carbocycles. The molecule has 332 valence electrons. The summed E-state index contributed by atoms with van der Waals surface area (Å²) in [5.74, 6) is 0.151. The molecule has 7 nitrogen and oxygen atoms in total. The van der Waals surface area contributed by atoms with Crippen LogP contribution in [-0.4, -0.2) is 42.9 Å². The molecule has 0 aromatic heterocycles. The van der Waals surface area contributed by atoms with Crippen LogP contribution in [0.3, 0.4) is 0 Å². The van der Waals surface area contributed by atoms with Crippen LogP contribution in [0.15, 0.2) is 72.8 Å². The van der Waals surface area contributed by atoms with Gasteiger partial charge in [-0.1, -0.05) is 191 Å². The number of hydrogen-bond donors (Lipinski definition) is 2. The Labute approximate surface area is 369 Å². The summed E-state index contributed by atoms with van der Waals surface area (Å²) in [5, 5.41) is 10.9. The number of unbranched alkanes of at least 4 members (excludes halogenated alkanes) is 20. The molecule has 1 aliphatic rings. The molecule has 1 saturated heterocycles. The summed E-state index contributed by atoms with van der Waals surface area (Å²) in [6, 6.07) is 24.9. The van der Waals surface area contributed by atoms with E-state index in [1.54, 1.807) is 0 Å². The Morgan fingerprint density at radius 2 is 0.902 bits per heavy atom. The fourth-order valence-electron chi connectivity index (χ4n) is 9.55. The molecule has 5 rings (SSSR count). The monoisotopic (exact) mass is 832 g/mol. The van der Waals surface area contributed by atoms with Gasteiger partial charge >= 0.3 is 0 Å². The summed E-state index contributed by atoms with van der Waals surface area (Å²) in [7, 11) is 2.16. The van der Waals surface area contributed by atoms with E-state index in [4.69, 9.17) is 0 Å². The summed E-state index contributed by atoms with van der Waals surface area (Å²) < 4.78 is 0.191. The average molecular weight is 832 g/mol. The second kappa shape index (κ2) is 26.3. The molecule has 3 amide bonds. The Bertz CT molecular complexity index is 1830. The number of nitrogens with one attached hydrogen (secondary N) is 2. The molecule has 4 aromatic carbocycles. The molecular weight excluding hydrogens is 753 g/mol. The summed E-state index contributed by atoms with van der Waals surface area (Å²) in [5.41, 5.74) is 3.32. The van der Waals surface area contributed by atoms with Gasteiger partial charge in [0.05, 0.1) is 7.05 Å². The number of fused-ring (bicyclic) bond motifs is 2. The van der Waals surface area contributed by atoms with Gasteiger partial charge in [0.25, 0.3) is 0 Å². The Morgan fingerprint density at radius 1 is 0.525 bits per heavy atom. The smallest absolute Gasteiger partial charge is 0.226 e. The van der Waals surface area contributed by atoms with Crippen molar-refractivity contribution in [1.29, 1.82) is 0 Å². The molecule has 1 heterocycles. The van der Waals surface area contributed by atoms with Crippen LogP contribution in [0.1, 0.15) is 181 Å². The fourth-order valence-corrected chi connectivity index (χ4v) is 9.55. The number of likely N-dealkylation sites (tertiary alicyclic amines) is 1. The Morgan fingerprint density at radius 3 is 1.28 bits per heavy atom. The molecule has 0 unspecified atom stereocenters. The number of carbonyl (C=O) groups excluding carboxylic acids is 3. The third-order valence-electron chi connectivity index (χ3n) is 13.0. The zero-order valence-electron chi connectivity index (χ0n) is 38.3. The van der Waals surface area contributed by atoms with Crippen LogP contribution in [0, 0.1) is 0 Å². The van der Waals surface area contributed by atoms with Crippen LogP contribution in [0.25, 0.3) is 21.5 Å². The van der Waals surface area contributed by atoms with E-state index in [1.165, 1.54) is 103 Å². The average Bonchev–Trinajstić information content (AvgIpc) is 3.67. The first kappa shape index (κ1) is 47.8. The van der Waals surface area contributed by atoms with Crippen LogP contribution in [0.2, 0.25) is 0 Å². The highest BCUT2D eigenvalue weighted by Gasteiger charge is 2.41. The van der Waals surface area contributed by atoms with E-state index in [1.807, 2.05) is 41.3 Å². The van der Waals surface area contributed by atoms with Crippen molar-refractivity contribution >= 4 is 62.0 Å². The Hall–Kier alpha value is -4.23. The van der Waals surface area contributed by atoms with E-state index in [9.17, 15) is 14.4 Å². The molecule has 0 bridgehead atoms. The van der Waals surface area contributed by atoms with Crippen molar-refractivity contribution in [3.63, 3.8) is 0 Å². The van der Waals surface area contributed by atoms with Crippen molar-refractivity contribution < 1.29 is 14.4 Å². The second-order valence-electron chi connectivity index (χ2n) is 18.1. The van der Waals surface area contributed by atoms with Gasteiger partial charge in [0.15, 0.2) is 18.0 Å². The van der Waals surface area contributed by atoms with E-state index < -0.39 is 0 Å². The van der Waals surface area contributed by atoms with Crippen molar-refractivity contribution in [2.24, 2.45) is 0 Å². The van der Waals surface area contributed by atoms with Crippen molar-refractivity contribution in [2.45, 2.75) is 181 Å². The number of amides is 3. The number of rotatable bonds is 30. The first-order valence-corrected chi connectivity index (χ1v) is 24.6. The van der Waals surface area contributed by atoms with Gasteiger partial charge in [0.1, 0.15) is 11.4 Å². The largest absolute Gasteiger partial charge is 0.321 e. The zero-order valence-corrected chi connectivity index (χ0v) is 38.3. The van der Waals surface area contributed by atoms with Gasteiger partial charge in [-0.2, -0.15) is 0 Å². The third kappa shape index (κ3) is 14.7. The highest BCUT2D eigenvalue weighted by Crippen LogP contribution is 2.49. The predicted octanol–water partition coefficient (Wildman–Crippen LogP) is 15.1. The van der Waals surface area contributed by atoms with Crippen molar-refractivity contribution in [1.82, 2.24) is 9.38 Å². The van der Waals surface area contributed by atoms with E-state index in [0.29, 0.717) is 32.5 Å². The van der Waals surface area contributed by atoms with Gasteiger partial charge in [0, 0.05) is 36.6 Å². The van der Waals surface area contributed by atoms with Crippen LogP contribution in [0.4, 0.5) is 22.7 Å². The predicted molar refractivity (Wildman–Crippen MR) is 261 cm³/mol. The molecule has 2 N–H and O–H groups in total. The molecule has 1 aliphatic heterocycles. The van der Waals surface area contributed by atoms with Crippen molar-refractivity contribution in [2.75, 3.05) is 30.9 Å². The summed E-state index contributed by atoms with van der Waals surface area (Å²) >= 11 is 0. The molecule has 1 fully saturated rings. The number of anilines is 2. The Kier molecular flexibility index (Phi) is 20.6. The summed E-state index contributed by atoms with van der Waals surface area (Å²) in [4.78, 5) is 43.2. The minimum atomic E-state index is 0.00896. The lowest BCUT2D eigenvalue weighted by Gasteiger charge is -2.40. The molecule has 0 radical (unpaired) electrons. The number of hydrogen-bond acceptors (Lipinski definition) is 3. The summed E-state index contributed by atoms with van der Waals surface area (Å²) in [6.45, 7) is 5.56. The minimum absolute atomic E-state index is 0.00896. The molecule has 7 heteroatoms. The van der Waals surface area contributed by atoms with Gasteiger partial charge < -0.3 is 10.6 Å². The van der Waals surface area contributed by atoms with E-state index in [-0.39, 0.29) is 22.2 Å². The highest BCUT2D eigenvalue weighted by molar-refractivity contribution is 6.10. The number of quaternary nitrogens is 1. The maximum absolute atomic E-state index is 13.9. The molecule has 4 aromatic rings. The number of benzene rings is 4. The van der Waals surface area contributed by atoms with Crippen LogP contribution in [0.5, 0.6) is 0 Å². The standard InChI is InChI=1S/C54H78N4O3/c1-4-6-8-10-12-14-16-18-20-22-24-35-50(59)55-48-40-38-44-31-26-28-33-46(44)53(48)58(3,43-57-42-30-37-52(57)61)54-47-34-29-27-32-45(47)39-41-49(54)56-51(60)36-25-23-21-19-17-15-13-11-9-7-5-2/h26-29,31-34,38-41H,4-25,30,35-37,42-43H2,1-3H3,(H-,55,56,59,60)/p+1. The zero-order chi connectivity index (χ0) is 43.1. The van der Waals surface area contributed by atoms with Gasteiger partial charge in [-0.05, 0) is 54.3 Å². The van der Waals surface area contributed by atoms with Crippen molar-refractivity contribution in [3.05, 3.63) is 72.8 Å². The van der Waals surface area contributed by atoms with Gasteiger partial charge in [-0.25, -0.2) is 4.48 Å². The van der Waals surface area contributed by atoms with E-state index >= 15 is 0 Å². The number of carbonyl (C=O) groups is 3. The van der Waals surface area contributed by atoms with Crippen molar-refractivity contribution in [3.8, 4) is 0 Å². The van der Waals surface area contributed by atoms with E-state index in [2.05, 4.69) is 67.9 Å². The molecular formula is C54H79N4O3+. The summed E-state index contributed by atoms with van der Waals surface area (Å²) in [6.07, 6.45) is 29.5. The normalized spacial score (nSPS) is 13.1. The van der Waals surface area contributed by atoms with Gasteiger partial charge in [0.2, 0.25) is 17.7 Å². The topological polar surface area (TPSA) is 78.5 Å². The quantitative estimate of drug-likeness (QED) is 0.0406. The van der Waals surface area contributed by atoms with Crippen LogP contribution in [-0.2, 0) is 14.4 Å². The maximum Gasteiger partial charge on any atom is 0.226 e. The van der Waals surface area contributed by atoms with E-state index in [0.717, 1.165) is 89.2 Å². The van der Waals surface area contributed by atoms with Crippen LogP contribution < -0.4 is 15.1 Å². The lowest BCUT2D eigenvalue weighted by atomic mass is 10.00. The lowest BCUT2D eigenvalue weighted by molar-refractivity contribution is -0.128. The highest BCUT2D eigenvalue weighted by atomic mass is 16.2. The molecule has 0 saturated carbocycles. The first-order chi connectivity index (χ1) is 29.9. The molecule has 0 atom stereocenters. The maximum atomic E-state index is 13.9. The number of nitrogens with zero attached hydrogens (tertiary/aromatic N) is 2. The van der Waals surface area contributed by atoms with Gasteiger partial charge in [-0.3, -0.25) is 19.3 Å². The Balaban J connectivity index is 1.37. The molecule has 61 heavy (non-hydrogen) atoms. The lowest BCUT2D eigenvalue weighted by Crippen LogP contribution is -2.50. The first-order valence-electron chi connectivity index (χ1n) is 24.6. The minimum Gasteiger partial charge on any atom is -0.321 e. The second-order valence-corrected chi connectivity index (χ2v) is 18.1. The fraction of sp³-hybridized carbons (Fsp3) is 0.574. The third-order valence-corrected chi connectivity index (χ3v) is 13.0. The molecule has 0 spiro atoms. The SMILES string of the molecule is CCCCCCCCCCCCCC(=O)Nc1ccc2ccccc2c1[N+](C)(CN1CCCC1=O)c1c(NC(=O)CCCCCCCCCCCCC)ccc2ccccc12. The van der Waals surface area contributed by atoms with Crippen LogP contribution >= 0.6 is 0 Å².